The zero-order valence-electron chi connectivity index (χ0n) is 19.0. The van der Waals surface area contributed by atoms with Crippen molar-refractivity contribution in [3.63, 3.8) is 0 Å². The molecule has 0 aliphatic heterocycles. The summed E-state index contributed by atoms with van der Waals surface area (Å²) in [7, 11) is 1.61. The van der Waals surface area contributed by atoms with Gasteiger partial charge in [-0.3, -0.25) is 9.59 Å². The lowest BCUT2D eigenvalue weighted by molar-refractivity contribution is -0.139. The average Bonchev–Trinajstić information content (AvgIpc) is 2.81. The molecule has 0 fully saturated rings. The fraction of sp³-hybridized carbons (Fsp3) is 0.259. The van der Waals surface area contributed by atoms with Crippen LogP contribution in [0, 0.1) is 6.92 Å². The number of carbonyl (C=O) groups excluding carboxylic acids is 2. The summed E-state index contributed by atoms with van der Waals surface area (Å²) >= 11 is 7.74. The molecular formula is C27H29ClN2O2S. The number of amides is 2. The van der Waals surface area contributed by atoms with Crippen LogP contribution >= 0.6 is 23.4 Å². The van der Waals surface area contributed by atoms with Gasteiger partial charge >= 0.3 is 0 Å². The number of thioether (sulfide) groups is 1. The highest BCUT2D eigenvalue weighted by molar-refractivity contribution is 7.99. The van der Waals surface area contributed by atoms with Gasteiger partial charge in [-0.05, 0) is 35.7 Å². The quantitative estimate of drug-likeness (QED) is 0.430. The van der Waals surface area contributed by atoms with Crippen LogP contribution in [-0.2, 0) is 28.3 Å². The Labute approximate surface area is 205 Å². The number of benzene rings is 3. The topological polar surface area (TPSA) is 49.4 Å². The Bertz CT molecular complexity index is 1070. The second-order valence-electron chi connectivity index (χ2n) is 7.95. The summed E-state index contributed by atoms with van der Waals surface area (Å²) in [6.07, 6.45) is 0.440. The zero-order valence-corrected chi connectivity index (χ0v) is 20.5. The van der Waals surface area contributed by atoms with E-state index in [0.717, 1.165) is 16.9 Å². The number of hydrogen-bond donors (Lipinski definition) is 1. The van der Waals surface area contributed by atoms with E-state index < -0.39 is 6.04 Å². The minimum Gasteiger partial charge on any atom is -0.357 e. The van der Waals surface area contributed by atoms with Gasteiger partial charge in [-0.2, -0.15) is 0 Å². The SMILES string of the molecule is CNC(=O)[C@@H](Cc1ccccc1)N(Cc1cccc(Cl)c1)C(=O)CSCc1cccc(C)c1. The average molecular weight is 481 g/mol. The molecule has 0 heterocycles. The molecule has 3 aromatic carbocycles. The monoisotopic (exact) mass is 480 g/mol. The lowest BCUT2D eigenvalue weighted by atomic mass is 10.0. The van der Waals surface area contributed by atoms with Gasteiger partial charge in [0.1, 0.15) is 6.04 Å². The van der Waals surface area contributed by atoms with Crippen molar-refractivity contribution in [2.45, 2.75) is 31.7 Å². The van der Waals surface area contributed by atoms with Crippen LogP contribution < -0.4 is 5.32 Å². The molecule has 0 spiro atoms. The Morgan fingerprint density at radius 1 is 0.939 bits per heavy atom. The number of hydrogen-bond acceptors (Lipinski definition) is 3. The Kier molecular flexibility index (Phi) is 9.40. The van der Waals surface area contributed by atoms with E-state index >= 15 is 0 Å². The van der Waals surface area contributed by atoms with Crippen molar-refractivity contribution < 1.29 is 9.59 Å². The van der Waals surface area contributed by atoms with Crippen molar-refractivity contribution in [1.82, 2.24) is 10.2 Å². The zero-order chi connectivity index (χ0) is 23.6. The van der Waals surface area contributed by atoms with Crippen LogP contribution in [0.2, 0.25) is 5.02 Å². The fourth-order valence-corrected chi connectivity index (χ4v) is 4.76. The van der Waals surface area contributed by atoms with Crippen molar-refractivity contribution >= 4 is 35.2 Å². The summed E-state index contributed by atoms with van der Waals surface area (Å²) in [5.74, 6) is 0.772. The van der Waals surface area contributed by atoms with E-state index in [4.69, 9.17) is 11.6 Å². The third-order valence-electron chi connectivity index (χ3n) is 5.34. The predicted octanol–water partition coefficient (Wildman–Crippen LogP) is 5.27. The standard InChI is InChI=1S/C27H29ClN2O2S/c1-20-8-6-12-23(14-20)18-33-19-26(31)30(17-22-11-7-13-24(28)15-22)25(27(32)29-2)16-21-9-4-3-5-10-21/h3-15,25H,16-19H2,1-2H3,(H,29,32)/t25-/m1/s1. The molecule has 0 unspecified atom stereocenters. The van der Waals surface area contributed by atoms with Crippen LogP contribution in [0.15, 0.2) is 78.9 Å². The summed E-state index contributed by atoms with van der Waals surface area (Å²) in [4.78, 5) is 28.0. The number of carbonyl (C=O) groups is 2. The molecule has 4 nitrogen and oxygen atoms in total. The molecule has 0 aliphatic carbocycles. The third kappa shape index (κ3) is 7.65. The number of aryl methyl sites for hydroxylation is 1. The van der Waals surface area contributed by atoms with Gasteiger partial charge in [0.25, 0.3) is 0 Å². The first-order chi connectivity index (χ1) is 16.0. The maximum Gasteiger partial charge on any atom is 0.242 e. The fourth-order valence-electron chi connectivity index (χ4n) is 3.69. The molecule has 0 bridgehead atoms. The first-order valence-electron chi connectivity index (χ1n) is 10.9. The van der Waals surface area contributed by atoms with Gasteiger partial charge in [0.15, 0.2) is 0 Å². The van der Waals surface area contributed by atoms with E-state index in [-0.39, 0.29) is 17.6 Å². The van der Waals surface area contributed by atoms with Gasteiger partial charge in [0.05, 0.1) is 5.75 Å². The Hall–Kier alpha value is -2.76. The first kappa shape index (κ1) is 24.9. The van der Waals surface area contributed by atoms with Crippen LogP contribution in [-0.4, -0.2) is 35.6 Å². The molecule has 1 N–H and O–H groups in total. The summed E-state index contributed by atoms with van der Waals surface area (Å²) in [5.41, 5.74) is 4.27. The number of likely N-dealkylation sites (N-methyl/N-ethyl adjacent to an activating group) is 1. The van der Waals surface area contributed by atoms with Crippen molar-refractivity contribution in [3.05, 3.63) is 106 Å². The smallest absolute Gasteiger partial charge is 0.242 e. The molecule has 2 amide bonds. The minimum absolute atomic E-state index is 0.0721. The van der Waals surface area contributed by atoms with Crippen molar-refractivity contribution in [1.29, 1.82) is 0 Å². The van der Waals surface area contributed by atoms with Crippen molar-refractivity contribution in [2.75, 3.05) is 12.8 Å². The second-order valence-corrected chi connectivity index (χ2v) is 9.38. The van der Waals surface area contributed by atoms with Gasteiger partial charge in [-0.15, -0.1) is 11.8 Å². The minimum atomic E-state index is -0.622. The molecule has 0 aliphatic rings. The van der Waals surface area contributed by atoms with Crippen LogP contribution in [0.1, 0.15) is 22.3 Å². The molecule has 33 heavy (non-hydrogen) atoms. The van der Waals surface area contributed by atoms with E-state index in [2.05, 4.69) is 30.4 Å². The Balaban J connectivity index is 1.81. The van der Waals surface area contributed by atoms with Gasteiger partial charge in [-0.25, -0.2) is 0 Å². The second kappa shape index (κ2) is 12.5. The molecule has 3 aromatic rings. The number of halogens is 1. The number of nitrogens with one attached hydrogen (secondary N) is 1. The van der Waals surface area contributed by atoms with Crippen LogP contribution in [0.5, 0.6) is 0 Å². The lowest BCUT2D eigenvalue weighted by Gasteiger charge is -2.31. The molecular weight excluding hydrogens is 452 g/mol. The van der Waals surface area contributed by atoms with E-state index in [9.17, 15) is 9.59 Å². The molecule has 0 radical (unpaired) electrons. The first-order valence-corrected chi connectivity index (χ1v) is 12.4. The molecule has 1 atom stereocenters. The summed E-state index contributed by atoms with van der Waals surface area (Å²) in [6, 6.07) is 24.9. The van der Waals surface area contributed by atoms with Crippen molar-refractivity contribution in [2.24, 2.45) is 0 Å². The van der Waals surface area contributed by atoms with E-state index in [1.807, 2.05) is 54.6 Å². The van der Waals surface area contributed by atoms with Crippen LogP contribution in [0.3, 0.4) is 0 Å². The van der Waals surface area contributed by atoms with Gasteiger partial charge in [0, 0.05) is 30.8 Å². The molecule has 0 saturated heterocycles. The number of rotatable bonds is 10. The molecule has 6 heteroatoms. The van der Waals surface area contributed by atoms with Gasteiger partial charge in [-0.1, -0.05) is 83.9 Å². The highest BCUT2D eigenvalue weighted by Crippen LogP contribution is 2.20. The molecule has 0 aromatic heterocycles. The van der Waals surface area contributed by atoms with E-state index in [1.54, 1.807) is 29.8 Å². The molecule has 3 rings (SSSR count). The summed E-state index contributed by atoms with van der Waals surface area (Å²) in [5, 5.41) is 3.35. The highest BCUT2D eigenvalue weighted by Gasteiger charge is 2.29. The molecule has 172 valence electrons. The Morgan fingerprint density at radius 2 is 1.64 bits per heavy atom. The highest BCUT2D eigenvalue weighted by atomic mass is 35.5. The van der Waals surface area contributed by atoms with Crippen LogP contribution in [0.25, 0.3) is 0 Å². The summed E-state index contributed by atoms with van der Waals surface area (Å²) < 4.78 is 0. The van der Waals surface area contributed by atoms with Crippen molar-refractivity contribution in [3.8, 4) is 0 Å². The Morgan fingerprint density at radius 3 is 2.33 bits per heavy atom. The van der Waals surface area contributed by atoms with Gasteiger partial charge < -0.3 is 10.2 Å². The number of nitrogens with zero attached hydrogens (tertiary/aromatic N) is 1. The maximum absolute atomic E-state index is 13.4. The lowest BCUT2D eigenvalue weighted by Crippen LogP contribution is -2.50. The largest absolute Gasteiger partial charge is 0.357 e. The summed E-state index contributed by atoms with van der Waals surface area (Å²) in [6.45, 7) is 2.37. The van der Waals surface area contributed by atoms with E-state index in [0.29, 0.717) is 18.0 Å². The predicted molar refractivity (Wildman–Crippen MR) is 137 cm³/mol. The van der Waals surface area contributed by atoms with Gasteiger partial charge in [0.2, 0.25) is 11.8 Å². The maximum atomic E-state index is 13.4. The van der Waals surface area contributed by atoms with Crippen LogP contribution in [0.4, 0.5) is 0 Å². The van der Waals surface area contributed by atoms with E-state index in [1.165, 1.54) is 11.1 Å². The molecule has 0 saturated carbocycles. The third-order valence-corrected chi connectivity index (χ3v) is 6.56. The normalized spacial score (nSPS) is 11.6.